The topological polar surface area (TPSA) is 142 Å². The van der Waals surface area contributed by atoms with E-state index < -0.39 is 11.8 Å². The molecule has 0 atom stereocenters. The number of hydrogen-bond donors (Lipinski definition) is 4. The first kappa shape index (κ1) is 20.2. The van der Waals surface area contributed by atoms with Crippen molar-refractivity contribution in [2.24, 2.45) is 10.2 Å². The predicted octanol–water partition coefficient (Wildman–Crippen LogP) is 0.715. The quantitative estimate of drug-likeness (QED) is 0.327. The number of carbonyl (C=O) groups is 2. The first-order valence-electron chi connectivity index (χ1n) is 7.85. The van der Waals surface area contributed by atoms with Crippen LogP contribution in [-0.2, 0) is 9.59 Å². The molecule has 0 aliphatic rings. The Labute approximate surface area is 160 Å². The third-order valence-electron chi connectivity index (χ3n) is 3.37. The fourth-order valence-corrected chi connectivity index (χ4v) is 2.01. The fourth-order valence-electron chi connectivity index (χ4n) is 2.01. The number of hydrogen-bond acceptors (Lipinski definition) is 8. The molecule has 2 rings (SSSR count). The van der Waals surface area contributed by atoms with Gasteiger partial charge < -0.3 is 19.7 Å². The highest BCUT2D eigenvalue weighted by atomic mass is 16.5. The molecule has 0 unspecified atom stereocenters. The fraction of sp³-hybridized carbons (Fsp3) is 0.111. The number of phenols is 2. The number of hydrazone groups is 2. The zero-order chi connectivity index (χ0) is 20.5. The van der Waals surface area contributed by atoms with E-state index in [-0.39, 0.29) is 11.5 Å². The molecule has 0 saturated heterocycles. The zero-order valence-electron chi connectivity index (χ0n) is 15.0. The molecule has 0 aliphatic carbocycles. The standard InChI is InChI=1S/C18H18N4O6/c1-27-15-5-3-11(7-13(15)23)9-19-21-17(25)18(26)22-20-10-12-4-6-16(28-2)14(24)8-12/h3-10,23-24H,1-2H3,(H,21,25)(H,22,26)/b19-9-,20-10-. The number of nitrogens with one attached hydrogen (secondary N) is 2. The molecule has 0 heterocycles. The maximum Gasteiger partial charge on any atom is 0.331 e. The van der Waals surface area contributed by atoms with E-state index in [0.29, 0.717) is 22.6 Å². The van der Waals surface area contributed by atoms with Crippen LogP contribution in [0.4, 0.5) is 0 Å². The maximum absolute atomic E-state index is 11.6. The van der Waals surface area contributed by atoms with Gasteiger partial charge >= 0.3 is 11.8 Å². The highest BCUT2D eigenvalue weighted by Crippen LogP contribution is 2.26. The Morgan fingerprint density at radius 1 is 0.821 bits per heavy atom. The molecule has 0 aliphatic heterocycles. The van der Waals surface area contributed by atoms with Crippen molar-refractivity contribution in [2.45, 2.75) is 0 Å². The summed E-state index contributed by atoms with van der Waals surface area (Å²) in [6.45, 7) is 0. The number of carbonyl (C=O) groups excluding carboxylic acids is 2. The van der Waals surface area contributed by atoms with Crippen LogP contribution in [0, 0.1) is 0 Å². The Kier molecular flexibility index (Phi) is 6.92. The summed E-state index contributed by atoms with van der Waals surface area (Å²) in [6.07, 6.45) is 2.49. The lowest BCUT2D eigenvalue weighted by molar-refractivity contribution is -0.139. The van der Waals surface area contributed by atoms with Crippen LogP contribution >= 0.6 is 0 Å². The van der Waals surface area contributed by atoms with Crippen LogP contribution in [0.1, 0.15) is 11.1 Å². The van der Waals surface area contributed by atoms with E-state index in [9.17, 15) is 19.8 Å². The van der Waals surface area contributed by atoms with E-state index in [1.54, 1.807) is 12.1 Å². The molecule has 4 N–H and O–H groups in total. The third kappa shape index (κ3) is 5.46. The number of ether oxygens (including phenoxy) is 2. The summed E-state index contributed by atoms with van der Waals surface area (Å²) in [7, 11) is 2.84. The van der Waals surface area contributed by atoms with Crippen molar-refractivity contribution < 1.29 is 29.3 Å². The van der Waals surface area contributed by atoms with Crippen LogP contribution in [0.5, 0.6) is 23.0 Å². The number of nitrogens with zero attached hydrogens (tertiary/aromatic N) is 2. The molecule has 146 valence electrons. The van der Waals surface area contributed by atoms with Crippen molar-refractivity contribution in [1.29, 1.82) is 0 Å². The Morgan fingerprint density at radius 3 is 1.54 bits per heavy atom. The van der Waals surface area contributed by atoms with E-state index in [0.717, 1.165) is 0 Å². The summed E-state index contributed by atoms with van der Waals surface area (Å²) >= 11 is 0. The van der Waals surface area contributed by atoms with Crippen molar-refractivity contribution in [1.82, 2.24) is 10.9 Å². The summed E-state index contributed by atoms with van der Waals surface area (Å²) < 4.78 is 9.82. The largest absolute Gasteiger partial charge is 0.504 e. The normalized spacial score (nSPS) is 10.8. The lowest BCUT2D eigenvalue weighted by atomic mass is 10.2. The van der Waals surface area contributed by atoms with E-state index in [4.69, 9.17) is 9.47 Å². The van der Waals surface area contributed by atoms with Gasteiger partial charge in [0, 0.05) is 0 Å². The lowest BCUT2D eigenvalue weighted by Gasteiger charge is -2.03. The van der Waals surface area contributed by atoms with E-state index >= 15 is 0 Å². The smallest absolute Gasteiger partial charge is 0.331 e. The summed E-state index contributed by atoms with van der Waals surface area (Å²) in [5.74, 6) is -1.66. The van der Waals surface area contributed by atoms with Crippen LogP contribution in [0.2, 0.25) is 0 Å². The SMILES string of the molecule is COc1ccc(/C=N\NC(=O)C(=O)N/N=C\c2ccc(OC)c(O)c2)cc1O. The van der Waals surface area contributed by atoms with Crippen molar-refractivity contribution in [3.63, 3.8) is 0 Å². The molecule has 10 nitrogen and oxygen atoms in total. The monoisotopic (exact) mass is 386 g/mol. The Hall–Kier alpha value is -4.08. The van der Waals surface area contributed by atoms with Gasteiger partial charge in [-0.2, -0.15) is 10.2 Å². The zero-order valence-corrected chi connectivity index (χ0v) is 15.0. The summed E-state index contributed by atoms with van der Waals surface area (Å²) in [5.41, 5.74) is 5.02. The van der Waals surface area contributed by atoms with Gasteiger partial charge in [-0.1, -0.05) is 0 Å². The number of phenolic OH excluding ortho intramolecular Hbond substituents is 2. The van der Waals surface area contributed by atoms with E-state index in [2.05, 4.69) is 10.2 Å². The van der Waals surface area contributed by atoms with Gasteiger partial charge in [-0.25, -0.2) is 10.9 Å². The molecule has 2 aromatic carbocycles. The van der Waals surface area contributed by atoms with Crippen LogP contribution in [-0.4, -0.2) is 48.7 Å². The van der Waals surface area contributed by atoms with Gasteiger partial charge in [0.25, 0.3) is 0 Å². The lowest BCUT2D eigenvalue weighted by Crippen LogP contribution is -2.35. The molecule has 0 spiro atoms. The van der Waals surface area contributed by atoms with Crippen molar-refractivity contribution in [2.75, 3.05) is 14.2 Å². The van der Waals surface area contributed by atoms with Gasteiger partial charge in [-0.05, 0) is 47.5 Å². The number of aromatic hydroxyl groups is 2. The van der Waals surface area contributed by atoms with Crippen molar-refractivity contribution >= 4 is 24.2 Å². The molecule has 0 fully saturated rings. The Morgan fingerprint density at radius 2 is 1.21 bits per heavy atom. The van der Waals surface area contributed by atoms with Crippen LogP contribution in [0.3, 0.4) is 0 Å². The molecule has 0 radical (unpaired) electrons. The summed E-state index contributed by atoms with van der Waals surface area (Å²) in [5, 5.41) is 26.5. The van der Waals surface area contributed by atoms with Gasteiger partial charge in [0.1, 0.15) is 0 Å². The minimum Gasteiger partial charge on any atom is -0.504 e. The highest BCUT2D eigenvalue weighted by molar-refractivity contribution is 6.35. The molecule has 2 aromatic rings. The average molecular weight is 386 g/mol. The minimum atomic E-state index is -1.04. The summed E-state index contributed by atoms with van der Waals surface area (Å²) in [6, 6.07) is 9.01. The molecule has 2 amide bonds. The second-order valence-corrected chi connectivity index (χ2v) is 5.26. The minimum absolute atomic E-state index is 0.0885. The van der Waals surface area contributed by atoms with Gasteiger partial charge in [0.05, 0.1) is 26.6 Å². The molecule has 0 bridgehead atoms. The van der Waals surface area contributed by atoms with E-state index in [1.807, 2.05) is 10.9 Å². The first-order valence-corrected chi connectivity index (χ1v) is 7.85. The van der Waals surface area contributed by atoms with Gasteiger partial charge in [-0.3, -0.25) is 9.59 Å². The average Bonchev–Trinajstić information content (AvgIpc) is 2.68. The molecule has 0 saturated carbocycles. The van der Waals surface area contributed by atoms with Gasteiger partial charge in [0.15, 0.2) is 23.0 Å². The number of amides is 2. The Bertz CT molecular complexity index is 851. The van der Waals surface area contributed by atoms with Crippen LogP contribution in [0.25, 0.3) is 0 Å². The highest BCUT2D eigenvalue weighted by Gasteiger charge is 2.11. The van der Waals surface area contributed by atoms with Crippen LogP contribution < -0.4 is 20.3 Å². The molecular formula is C18H18N4O6. The number of methoxy groups -OCH3 is 2. The number of rotatable bonds is 6. The molecular weight excluding hydrogens is 368 g/mol. The number of benzene rings is 2. The van der Waals surface area contributed by atoms with E-state index in [1.165, 1.54) is 50.9 Å². The Balaban J connectivity index is 1.86. The molecule has 28 heavy (non-hydrogen) atoms. The second kappa shape index (κ2) is 9.57. The predicted molar refractivity (Wildman–Crippen MR) is 101 cm³/mol. The van der Waals surface area contributed by atoms with Gasteiger partial charge in [0.2, 0.25) is 0 Å². The summed E-state index contributed by atoms with van der Waals surface area (Å²) in [4.78, 5) is 23.3. The maximum atomic E-state index is 11.6. The second-order valence-electron chi connectivity index (χ2n) is 5.26. The molecule has 0 aromatic heterocycles. The molecule has 10 heteroatoms. The van der Waals surface area contributed by atoms with Crippen molar-refractivity contribution in [3.8, 4) is 23.0 Å². The van der Waals surface area contributed by atoms with Crippen molar-refractivity contribution in [3.05, 3.63) is 47.5 Å². The first-order chi connectivity index (χ1) is 13.4. The van der Waals surface area contributed by atoms with Gasteiger partial charge in [-0.15, -0.1) is 0 Å². The van der Waals surface area contributed by atoms with Crippen LogP contribution in [0.15, 0.2) is 46.6 Å². The third-order valence-corrected chi connectivity index (χ3v) is 3.37.